The van der Waals surface area contributed by atoms with Crippen LogP contribution in [-0.2, 0) is 16.0 Å². The highest BCUT2D eigenvalue weighted by Crippen LogP contribution is 2.36. The van der Waals surface area contributed by atoms with Crippen molar-refractivity contribution in [3.63, 3.8) is 0 Å². The molecular formula is C23H22N2O4S. The van der Waals surface area contributed by atoms with E-state index in [1.807, 2.05) is 47.8 Å². The summed E-state index contributed by atoms with van der Waals surface area (Å²) in [6.07, 6.45) is -0.260. The number of rotatable bonds is 7. The van der Waals surface area contributed by atoms with Crippen LogP contribution in [-0.4, -0.2) is 31.1 Å². The zero-order valence-corrected chi connectivity index (χ0v) is 17.4. The van der Waals surface area contributed by atoms with Gasteiger partial charge >= 0.3 is 0 Å². The van der Waals surface area contributed by atoms with Crippen LogP contribution in [0.2, 0.25) is 0 Å². The molecule has 0 spiro atoms. The third kappa shape index (κ3) is 4.63. The molecule has 2 aromatic carbocycles. The molecule has 2 heterocycles. The quantitative estimate of drug-likeness (QED) is 0.622. The highest BCUT2D eigenvalue weighted by atomic mass is 32.1. The van der Waals surface area contributed by atoms with Crippen LogP contribution in [0.3, 0.4) is 0 Å². The monoisotopic (exact) mass is 422 g/mol. The molecule has 0 fully saturated rings. The number of carbonyl (C=O) groups excluding carboxylic acids is 2. The fourth-order valence-electron chi connectivity index (χ4n) is 3.26. The molecule has 0 aliphatic carbocycles. The predicted octanol–water partition coefficient (Wildman–Crippen LogP) is 4.12. The van der Waals surface area contributed by atoms with E-state index < -0.39 is 6.10 Å². The first-order valence-electron chi connectivity index (χ1n) is 9.72. The second-order valence-electron chi connectivity index (χ2n) is 6.90. The highest BCUT2D eigenvalue weighted by Gasteiger charge is 2.31. The number of nitrogens with zero attached hydrogens (tertiary/aromatic N) is 1. The van der Waals surface area contributed by atoms with Crippen LogP contribution in [0.15, 0.2) is 66.0 Å². The van der Waals surface area contributed by atoms with Crippen LogP contribution in [0.4, 0.5) is 11.4 Å². The van der Waals surface area contributed by atoms with Crippen LogP contribution in [0.5, 0.6) is 11.5 Å². The van der Waals surface area contributed by atoms with Gasteiger partial charge in [0.1, 0.15) is 18.1 Å². The van der Waals surface area contributed by atoms with Gasteiger partial charge in [-0.2, -0.15) is 0 Å². The fourth-order valence-corrected chi connectivity index (χ4v) is 3.97. The van der Waals surface area contributed by atoms with Crippen molar-refractivity contribution in [2.24, 2.45) is 0 Å². The molecule has 0 saturated heterocycles. The Kier molecular flexibility index (Phi) is 5.99. The number of amides is 2. The SMILES string of the molecule is CC1Oc2ccc(NC(=O)Cc3cccs3)cc2N(CCOc2ccccc2)C1=O. The minimum Gasteiger partial charge on any atom is -0.492 e. The third-order valence-corrected chi connectivity index (χ3v) is 5.57. The van der Waals surface area contributed by atoms with Crippen molar-refractivity contribution in [2.45, 2.75) is 19.4 Å². The van der Waals surface area contributed by atoms with Crippen LogP contribution in [0.25, 0.3) is 0 Å². The van der Waals surface area contributed by atoms with E-state index >= 15 is 0 Å². The zero-order chi connectivity index (χ0) is 20.9. The molecule has 1 aliphatic heterocycles. The van der Waals surface area contributed by atoms with E-state index in [1.54, 1.807) is 41.4 Å². The Balaban J connectivity index is 1.47. The van der Waals surface area contributed by atoms with Crippen molar-refractivity contribution < 1.29 is 19.1 Å². The lowest BCUT2D eigenvalue weighted by molar-refractivity contribution is -0.125. The third-order valence-electron chi connectivity index (χ3n) is 4.69. The van der Waals surface area contributed by atoms with Crippen molar-refractivity contribution >= 4 is 34.5 Å². The average Bonchev–Trinajstić information content (AvgIpc) is 3.25. The standard InChI is InChI=1S/C23H22N2O4S/c1-16-23(27)25(11-12-28-18-6-3-2-4-7-18)20-14-17(9-10-21(20)29-16)24-22(26)15-19-8-5-13-30-19/h2-10,13-14,16H,11-12,15H2,1H3,(H,24,26). The predicted molar refractivity (Wildman–Crippen MR) is 117 cm³/mol. The van der Waals surface area contributed by atoms with E-state index in [0.29, 0.717) is 36.7 Å². The number of benzene rings is 2. The summed E-state index contributed by atoms with van der Waals surface area (Å²) in [5, 5.41) is 4.85. The largest absolute Gasteiger partial charge is 0.492 e. The summed E-state index contributed by atoms with van der Waals surface area (Å²) in [5.74, 6) is 1.12. The van der Waals surface area contributed by atoms with E-state index in [1.165, 1.54) is 0 Å². The molecule has 6 nitrogen and oxygen atoms in total. The zero-order valence-electron chi connectivity index (χ0n) is 16.5. The van der Waals surface area contributed by atoms with Gasteiger partial charge in [-0.3, -0.25) is 9.59 Å². The Hall–Kier alpha value is -3.32. The average molecular weight is 423 g/mol. The number of para-hydroxylation sites is 1. The van der Waals surface area contributed by atoms with Gasteiger partial charge in [-0.1, -0.05) is 24.3 Å². The smallest absolute Gasteiger partial charge is 0.267 e. The number of carbonyl (C=O) groups is 2. The Morgan fingerprint density at radius 3 is 2.77 bits per heavy atom. The van der Waals surface area contributed by atoms with Gasteiger partial charge in [-0.05, 0) is 48.7 Å². The van der Waals surface area contributed by atoms with Crippen LogP contribution in [0, 0.1) is 0 Å². The number of nitrogens with one attached hydrogen (secondary N) is 1. The molecule has 0 radical (unpaired) electrons. The number of hydrogen-bond donors (Lipinski definition) is 1. The molecular weight excluding hydrogens is 400 g/mol. The van der Waals surface area contributed by atoms with Gasteiger partial charge in [0.2, 0.25) is 5.91 Å². The van der Waals surface area contributed by atoms with Crippen molar-refractivity contribution in [2.75, 3.05) is 23.4 Å². The van der Waals surface area contributed by atoms with Gasteiger partial charge in [0, 0.05) is 10.6 Å². The summed E-state index contributed by atoms with van der Waals surface area (Å²) in [6, 6.07) is 18.7. The molecule has 30 heavy (non-hydrogen) atoms. The number of ether oxygens (including phenoxy) is 2. The second-order valence-corrected chi connectivity index (χ2v) is 7.93. The van der Waals surface area contributed by atoms with Crippen molar-refractivity contribution in [3.8, 4) is 11.5 Å². The summed E-state index contributed by atoms with van der Waals surface area (Å²) in [7, 11) is 0. The molecule has 1 atom stereocenters. The van der Waals surface area contributed by atoms with Gasteiger partial charge in [-0.15, -0.1) is 11.3 Å². The second kappa shape index (κ2) is 9.00. The van der Waals surface area contributed by atoms with Gasteiger partial charge < -0.3 is 19.7 Å². The Morgan fingerprint density at radius 1 is 1.17 bits per heavy atom. The summed E-state index contributed by atoms with van der Waals surface area (Å²) in [4.78, 5) is 27.7. The summed E-state index contributed by atoms with van der Waals surface area (Å²) in [5.41, 5.74) is 1.25. The molecule has 154 valence electrons. The van der Waals surface area contributed by atoms with Crippen LogP contribution < -0.4 is 19.7 Å². The summed E-state index contributed by atoms with van der Waals surface area (Å²) in [6.45, 7) is 2.45. The lowest BCUT2D eigenvalue weighted by atomic mass is 10.1. The van der Waals surface area contributed by atoms with Gasteiger partial charge in [0.25, 0.3) is 5.91 Å². The summed E-state index contributed by atoms with van der Waals surface area (Å²) < 4.78 is 11.5. The first-order valence-corrected chi connectivity index (χ1v) is 10.6. The summed E-state index contributed by atoms with van der Waals surface area (Å²) >= 11 is 1.55. The number of thiophene rings is 1. The van der Waals surface area contributed by atoms with Gasteiger partial charge in [0.15, 0.2) is 6.10 Å². The molecule has 2 amide bonds. The Bertz CT molecular complexity index is 1020. The van der Waals surface area contributed by atoms with Gasteiger partial charge in [-0.25, -0.2) is 0 Å². The molecule has 1 aliphatic rings. The molecule has 7 heteroatoms. The lowest BCUT2D eigenvalue weighted by Crippen LogP contribution is -2.46. The molecule has 1 unspecified atom stereocenters. The van der Waals surface area contributed by atoms with E-state index in [0.717, 1.165) is 10.6 Å². The van der Waals surface area contributed by atoms with Crippen molar-refractivity contribution in [1.82, 2.24) is 0 Å². The first-order chi connectivity index (χ1) is 14.6. The maximum absolute atomic E-state index is 12.7. The highest BCUT2D eigenvalue weighted by molar-refractivity contribution is 7.10. The Morgan fingerprint density at radius 2 is 2.00 bits per heavy atom. The molecule has 0 bridgehead atoms. The van der Waals surface area contributed by atoms with Crippen LogP contribution in [0.1, 0.15) is 11.8 Å². The van der Waals surface area contributed by atoms with E-state index in [-0.39, 0.29) is 11.8 Å². The maximum Gasteiger partial charge on any atom is 0.267 e. The van der Waals surface area contributed by atoms with Crippen molar-refractivity contribution in [3.05, 3.63) is 70.9 Å². The maximum atomic E-state index is 12.7. The number of fused-ring (bicyclic) bond motifs is 1. The number of anilines is 2. The van der Waals surface area contributed by atoms with E-state index in [2.05, 4.69) is 5.32 Å². The van der Waals surface area contributed by atoms with Crippen LogP contribution >= 0.6 is 11.3 Å². The van der Waals surface area contributed by atoms with E-state index in [9.17, 15) is 9.59 Å². The minimum absolute atomic E-state index is 0.104. The van der Waals surface area contributed by atoms with E-state index in [4.69, 9.17) is 9.47 Å². The fraction of sp³-hybridized carbons (Fsp3) is 0.217. The van der Waals surface area contributed by atoms with Gasteiger partial charge in [0.05, 0.1) is 18.7 Å². The molecule has 3 aromatic rings. The lowest BCUT2D eigenvalue weighted by Gasteiger charge is -2.33. The molecule has 0 saturated carbocycles. The normalized spacial score (nSPS) is 15.3. The molecule has 1 N–H and O–H groups in total. The number of hydrogen-bond acceptors (Lipinski definition) is 5. The minimum atomic E-state index is -0.575. The first kappa shape index (κ1) is 20.0. The Labute approximate surface area is 179 Å². The molecule has 4 rings (SSSR count). The van der Waals surface area contributed by atoms with Crippen molar-refractivity contribution in [1.29, 1.82) is 0 Å². The molecule has 1 aromatic heterocycles. The topological polar surface area (TPSA) is 67.9 Å².